The van der Waals surface area contributed by atoms with Crippen LogP contribution in [0.25, 0.3) is 0 Å². The first-order valence-electron chi connectivity index (χ1n) is 7.41. The summed E-state index contributed by atoms with van der Waals surface area (Å²) < 4.78 is 6.00. The fourth-order valence-corrected chi connectivity index (χ4v) is 2.84. The normalized spacial score (nSPS) is 13.1. The van der Waals surface area contributed by atoms with Crippen molar-refractivity contribution in [3.63, 3.8) is 0 Å². The Bertz CT molecular complexity index is 741. The molecule has 2 heterocycles. The molecule has 1 N–H and O–H groups in total. The average molecular weight is 288 g/mol. The second-order valence-corrected chi connectivity index (χ2v) is 5.31. The van der Waals surface area contributed by atoms with E-state index >= 15 is 0 Å². The van der Waals surface area contributed by atoms with Crippen LogP contribution in [0.15, 0.2) is 72.9 Å². The molecule has 0 bridgehead atoms. The number of hydrogen-bond donors (Lipinski definition) is 1. The van der Waals surface area contributed by atoms with Crippen LogP contribution in [-0.4, -0.2) is 4.98 Å². The molecule has 3 heteroatoms. The van der Waals surface area contributed by atoms with Crippen molar-refractivity contribution < 1.29 is 4.74 Å². The van der Waals surface area contributed by atoms with Crippen LogP contribution >= 0.6 is 0 Å². The van der Waals surface area contributed by atoms with Crippen LogP contribution in [0.5, 0.6) is 11.5 Å². The van der Waals surface area contributed by atoms with Gasteiger partial charge in [0.15, 0.2) is 0 Å². The quantitative estimate of drug-likeness (QED) is 0.789. The van der Waals surface area contributed by atoms with Gasteiger partial charge in [-0.05, 0) is 24.3 Å². The van der Waals surface area contributed by atoms with Crippen LogP contribution < -0.4 is 10.1 Å². The van der Waals surface area contributed by atoms with E-state index in [1.807, 2.05) is 60.8 Å². The fourth-order valence-electron chi connectivity index (χ4n) is 2.84. The Morgan fingerprint density at radius 1 is 0.818 bits per heavy atom. The number of pyridine rings is 1. The van der Waals surface area contributed by atoms with Gasteiger partial charge in [-0.15, -0.1) is 0 Å². The molecule has 1 aliphatic heterocycles. The Hall–Kier alpha value is -2.65. The van der Waals surface area contributed by atoms with E-state index in [9.17, 15) is 0 Å². The van der Waals surface area contributed by atoms with Crippen LogP contribution in [-0.2, 0) is 6.54 Å². The van der Waals surface area contributed by atoms with Gasteiger partial charge in [-0.25, -0.2) is 0 Å². The topological polar surface area (TPSA) is 34.1 Å². The van der Waals surface area contributed by atoms with Crippen LogP contribution in [0, 0.1) is 0 Å². The summed E-state index contributed by atoms with van der Waals surface area (Å²) in [6, 6.07) is 22.4. The third-order valence-corrected chi connectivity index (χ3v) is 3.89. The minimum atomic E-state index is 0.114. The van der Waals surface area contributed by atoms with E-state index in [4.69, 9.17) is 4.74 Å². The summed E-state index contributed by atoms with van der Waals surface area (Å²) in [5.74, 6) is 1.83. The molecule has 3 nitrogen and oxygen atoms in total. The largest absolute Gasteiger partial charge is 0.457 e. The van der Waals surface area contributed by atoms with Gasteiger partial charge in [0.2, 0.25) is 0 Å². The molecule has 3 aromatic rings. The van der Waals surface area contributed by atoms with E-state index in [0.29, 0.717) is 6.54 Å². The molecule has 0 atom stereocenters. The zero-order chi connectivity index (χ0) is 14.8. The highest BCUT2D eigenvalue weighted by Gasteiger charge is 2.26. The van der Waals surface area contributed by atoms with Crippen molar-refractivity contribution in [1.82, 2.24) is 10.3 Å². The van der Waals surface area contributed by atoms with Crippen molar-refractivity contribution in [1.29, 1.82) is 0 Å². The van der Waals surface area contributed by atoms with Gasteiger partial charge in [0.1, 0.15) is 11.5 Å². The molecule has 22 heavy (non-hydrogen) atoms. The number of hydrogen-bond acceptors (Lipinski definition) is 3. The smallest absolute Gasteiger partial charge is 0.132 e. The van der Waals surface area contributed by atoms with Crippen molar-refractivity contribution in [3.05, 3.63) is 89.7 Å². The second-order valence-electron chi connectivity index (χ2n) is 5.31. The maximum Gasteiger partial charge on any atom is 0.132 e. The van der Waals surface area contributed by atoms with Crippen LogP contribution in [0.2, 0.25) is 0 Å². The van der Waals surface area contributed by atoms with Gasteiger partial charge in [0.25, 0.3) is 0 Å². The van der Waals surface area contributed by atoms with E-state index in [-0.39, 0.29) is 6.04 Å². The lowest BCUT2D eigenvalue weighted by Crippen LogP contribution is -2.25. The maximum absolute atomic E-state index is 6.00. The zero-order valence-corrected chi connectivity index (χ0v) is 12.1. The summed E-state index contributed by atoms with van der Waals surface area (Å²) in [5, 5.41) is 3.61. The number of para-hydroxylation sites is 2. The maximum atomic E-state index is 6.00. The van der Waals surface area contributed by atoms with Gasteiger partial charge >= 0.3 is 0 Å². The summed E-state index contributed by atoms with van der Waals surface area (Å²) in [7, 11) is 0. The minimum absolute atomic E-state index is 0.114. The summed E-state index contributed by atoms with van der Waals surface area (Å²) in [6.45, 7) is 0.716. The number of fused-ring (bicyclic) bond motifs is 2. The van der Waals surface area contributed by atoms with E-state index in [0.717, 1.165) is 28.3 Å². The molecule has 4 rings (SSSR count). The van der Waals surface area contributed by atoms with E-state index in [1.54, 1.807) is 0 Å². The molecule has 0 unspecified atom stereocenters. The molecule has 0 saturated carbocycles. The molecule has 0 radical (unpaired) electrons. The zero-order valence-electron chi connectivity index (χ0n) is 12.1. The molecule has 2 aromatic carbocycles. The number of nitrogens with one attached hydrogen (secondary N) is 1. The molecule has 1 aromatic heterocycles. The standard InChI is InChI=1S/C19H16N2O/c1-3-10-17-15(8-1)19(16-9-2-4-11-18(16)22-17)21-13-14-7-5-6-12-20-14/h1-12,19,21H,13H2. The number of rotatable bonds is 3. The molecule has 0 fully saturated rings. The first-order chi connectivity index (χ1) is 10.9. The van der Waals surface area contributed by atoms with Crippen molar-refractivity contribution >= 4 is 0 Å². The summed E-state index contributed by atoms with van der Waals surface area (Å²) in [4.78, 5) is 4.38. The van der Waals surface area contributed by atoms with Crippen LogP contribution in [0.1, 0.15) is 22.9 Å². The van der Waals surface area contributed by atoms with Gasteiger partial charge in [-0.3, -0.25) is 4.98 Å². The van der Waals surface area contributed by atoms with Gasteiger partial charge < -0.3 is 10.1 Å². The number of nitrogens with zero attached hydrogens (tertiary/aromatic N) is 1. The Morgan fingerprint density at radius 2 is 1.45 bits per heavy atom. The first-order valence-corrected chi connectivity index (χ1v) is 7.41. The Balaban J connectivity index is 1.69. The molecular weight excluding hydrogens is 272 g/mol. The highest BCUT2D eigenvalue weighted by Crippen LogP contribution is 2.42. The number of benzene rings is 2. The molecular formula is C19H16N2O. The lowest BCUT2D eigenvalue weighted by atomic mass is 9.94. The highest BCUT2D eigenvalue weighted by molar-refractivity contribution is 5.52. The Kier molecular flexibility index (Phi) is 3.33. The number of ether oxygens (including phenoxy) is 1. The summed E-state index contributed by atoms with van der Waals surface area (Å²) in [6.07, 6.45) is 1.82. The van der Waals surface area contributed by atoms with Gasteiger partial charge in [-0.2, -0.15) is 0 Å². The minimum Gasteiger partial charge on any atom is -0.457 e. The Morgan fingerprint density at radius 3 is 2.09 bits per heavy atom. The SMILES string of the molecule is c1ccc(CNC2c3ccccc3Oc3ccccc32)nc1. The van der Waals surface area contributed by atoms with Crippen molar-refractivity contribution in [2.24, 2.45) is 0 Å². The van der Waals surface area contributed by atoms with E-state index in [1.165, 1.54) is 0 Å². The monoisotopic (exact) mass is 288 g/mol. The fraction of sp³-hybridized carbons (Fsp3) is 0.105. The third-order valence-electron chi connectivity index (χ3n) is 3.89. The Labute approximate surface area is 129 Å². The lowest BCUT2D eigenvalue weighted by Gasteiger charge is -2.28. The van der Waals surface area contributed by atoms with Crippen molar-refractivity contribution in [2.75, 3.05) is 0 Å². The number of aromatic nitrogens is 1. The molecule has 0 spiro atoms. The second kappa shape index (κ2) is 5.62. The first kappa shape index (κ1) is 13.0. The van der Waals surface area contributed by atoms with E-state index in [2.05, 4.69) is 22.4 Å². The average Bonchev–Trinajstić information content (AvgIpc) is 2.59. The van der Waals surface area contributed by atoms with Crippen LogP contribution in [0.4, 0.5) is 0 Å². The summed E-state index contributed by atoms with van der Waals surface area (Å²) >= 11 is 0. The molecule has 0 saturated heterocycles. The van der Waals surface area contributed by atoms with E-state index < -0.39 is 0 Å². The molecule has 0 amide bonds. The van der Waals surface area contributed by atoms with Gasteiger partial charge in [-0.1, -0.05) is 42.5 Å². The van der Waals surface area contributed by atoms with Crippen molar-refractivity contribution in [3.8, 4) is 11.5 Å². The predicted molar refractivity (Wildman–Crippen MR) is 85.9 cm³/mol. The van der Waals surface area contributed by atoms with Crippen molar-refractivity contribution in [2.45, 2.75) is 12.6 Å². The molecule has 108 valence electrons. The lowest BCUT2D eigenvalue weighted by molar-refractivity contribution is 0.427. The molecule has 1 aliphatic rings. The van der Waals surface area contributed by atoms with Crippen LogP contribution in [0.3, 0.4) is 0 Å². The van der Waals surface area contributed by atoms with Gasteiger partial charge in [0, 0.05) is 23.9 Å². The molecule has 0 aliphatic carbocycles. The summed E-state index contributed by atoms with van der Waals surface area (Å²) in [5.41, 5.74) is 3.36. The third kappa shape index (κ3) is 2.36. The van der Waals surface area contributed by atoms with Gasteiger partial charge in [0.05, 0.1) is 11.7 Å². The predicted octanol–water partition coefficient (Wildman–Crippen LogP) is 4.07. The highest BCUT2D eigenvalue weighted by atomic mass is 16.5.